The lowest BCUT2D eigenvalue weighted by Gasteiger charge is -2.11. The van der Waals surface area contributed by atoms with E-state index >= 15 is 0 Å². The third-order valence-corrected chi connectivity index (χ3v) is 3.17. The number of nitro benzene ring substituents is 1. The van der Waals surface area contributed by atoms with Crippen LogP contribution in [0.4, 0.5) is 5.69 Å². The Hall–Kier alpha value is -2.15. The van der Waals surface area contributed by atoms with Crippen molar-refractivity contribution >= 4 is 29.2 Å². The van der Waals surface area contributed by atoms with Crippen LogP contribution in [0.5, 0.6) is 0 Å². The monoisotopic (exact) mass is 314 g/mol. The van der Waals surface area contributed by atoms with Gasteiger partial charge < -0.3 is 10.4 Å². The molecule has 0 spiro atoms. The second-order valence-electron chi connectivity index (χ2n) is 4.67. The molecule has 0 fully saturated rings. The first kappa shape index (κ1) is 16.9. The summed E-state index contributed by atoms with van der Waals surface area (Å²) in [6.07, 6.45) is 0.497. The first-order valence-corrected chi connectivity index (χ1v) is 6.63. The molecule has 0 bridgehead atoms. The van der Waals surface area contributed by atoms with Gasteiger partial charge in [0.25, 0.3) is 11.6 Å². The Morgan fingerprint density at radius 2 is 2.14 bits per heavy atom. The molecule has 0 saturated carbocycles. The van der Waals surface area contributed by atoms with Gasteiger partial charge in [0.1, 0.15) is 5.02 Å². The zero-order chi connectivity index (χ0) is 16.0. The average molecular weight is 315 g/mol. The lowest BCUT2D eigenvalue weighted by atomic mass is 10.1. The molecular formula is C13H15ClN2O5. The van der Waals surface area contributed by atoms with Crippen LogP contribution >= 0.6 is 11.6 Å². The number of hydrogen-bond acceptors (Lipinski definition) is 4. The molecule has 2 N–H and O–H groups in total. The number of halogens is 1. The van der Waals surface area contributed by atoms with Crippen LogP contribution in [-0.4, -0.2) is 28.5 Å². The summed E-state index contributed by atoms with van der Waals surface area (Å²) in [5.74, 6) is -1.28. The average Bonchev–Trinajstić information content (AvgIpc) is 2.41. The van der Waals surface area contributed by atoms with Gasteiger partial charge in [-0.25, -0.2) is 0 Å². The highest BCUT2D eigenvalue weighted by atomic mass is 35.5. The quantitative estimate of drug-likeness (QED) is 0.593. The number of carboxylic acid groups (broad SMARTS) is 1. The molecule has 0 aromatic heterocycles. The summed E-state index contributed by atoms with van der Waals surface area (Å²) in [6, 6.07) is 3.73. The van der Waals surface area contributed by atoms with E-state index in [0.717, 1.165) is 0 Å². The number of amides is 1. The first-order chi connectivity index (χ1) is 9.81. The third kappa shape index (κ3) is 5.39. The van der Waals surface area contributed by atoms with Gasteiger partial charge in [0, 0.05) is 24.6 Å². The van der Waals surface area contributed by atoms with Crippen LogP contribution in [0.15, 0.2) is 18.2 Å². The minimum atomic E-state index is -0.879. The zero-order valence-electron chi connectivity index (χ0n) is 11.3. The van der Waals surface area contributed by atoms with Gasteiger partial charge in [0.15, 0.2) is 0 Å². The molecule has 0 aliphatic carbocycles. The van der Waals surface area contributed by atoms with E-state index in [1.54, 1.807) is 0 Å². The first-order valence-electron chi connectivity index (χ1n) is 6.25. The number of nitrogens with one attached hydrogen (secondary N) is 1. The number of aliphatic carboxylic acids is 1. The summed E-state index contributed by atoms with van der Waals surface area (Å²) in [5, 5.41) is 21.7. The Labute approximate surface area is 126 Å². The number of nitro groups is 1. The van der Waals surface area contributed by atoms with Crippen molar-refractivity contribution in [3.8, 4) is 0 Å². The predicted molar refractivity (Wildman–Crippen MR) is 76.5 cm³/mol. The maximum atomic E-state index is 11.9. The maximum Gasteiger partial charge on any atom is 0.303 e. The van der Waals surface area contributed by atoms with Crippen LogP contribution in [-0.2, 0) is 4.79 Å². The molecule has 21 heavy (non-hydrogen) atoms. The highest BCUT2D eigenvalue weighted by Gasteiger charge is 2.15. The molecular weight excluding hydrogens is 300 g/mol. The minimum absolute atomic E-state index is 0.0126. The molecule has 0 aliphatic heterocycles. The SMILES string of the molecule is CC(CCC(=O)O)CNC(=O)c1ccc([N+](=O)[O-])c(Cl)c1. The molecule has 0 radical (unpaired) electrons. The standard InChI is InChI=1S/C13H15ClN2O5/c1-8(2-5-12(17)18)7-15-13(19)9-3-4-11(16(20)21)10(14)6-9/h3-4,6,8H,2,5,7H2,1H3,(H,15,19)(H,17,18). The molecule has 1 amide bonds. The second kappa shape index (κ2) is 7.58. The Bertz CT molecular complexity index is 561. The summed E-state index contributed by atoms with van der Waals surface area (Å²) in [6.45, 7) is 2.15. The summed E-state index contributed by atoms with van der Waals surface area (Å²) >= 11 is 5.73. The van der Waals surface area contributed by atoms with Crippen LogP contribution in [0.25, 0.3) is 0 Å². The van der Waals surface area contributed by atoms with Gasteiger partial charge in [-0.3, -0.25) is 19.7 Å². The summed E-state index contributed by atoms with van der Waals surface area (Å²) in [7, 11) is 0. The van der Waals surface area contributed by atoms with Gasteiger partial charge in [-0.1, -0.05) is 18.5 Å². The van der Waals surface area contributed by atoms with Gasteiger partial charge in [0.2, 0.25) is 0 Å². The number of hydrogen-bond donors (Lipinski definition) is 2. The molecule has 1 atom stereocenters. The van der Waals surface area contributed by atoms with Crippen molar-refractivity contribution in [3.05, 3.63) is 38.9 Å². The lowest BCUT2D eigenvalue weighted by molar-refractivity contribution is -0.384. The fraction of sp³-hybridized carbons (Fsp3) is 0.385. The van der Waals surface area contributed by atoms with Crippen molar-refractivity contribution in [2.24, 2.45) is 5.92 Å². The fourth-order valence-corrected chi connectivity index (χ4v) is 1.89. The van der Waals surface area contributed by atoms with Crippen molar-refractivity contribution < 1.29 is 19.6 Å². The minimum Gasteiger partial charge on any atom is -0.481 e. The smallest absolute Gasteiger partial charge is 0.303 e. The molecule has 1 aromatic carbocycles. The number of rotatable bonds is 7. The van der Waals surface area contributed by atoms with Crippen molar-refractivity contribution in [2.75, 3.05) is 6.54 Å². The Balaban J connectivity index is 2.58. The van der Waals surface area contributed by atoms with E-state index < -0.39 is 16.8 Å². The Morgan fingerprint density at radius 1 is 1.48 bits per heavy atom. The van der Waals surface area contributed by atoms with Crippen molar-refractivity contribution in [1.29, 1.82) is 0 Å². The van der Waals surface area contributed by atoms with E-state index in [1.807, 2.05) is 6.92 Å². The van der Waals surface area contributed by atoms with Gasteiger partial charge in [-0.2, -0.15) is 0 Å². The number of carboxylic acids is 1. The second-order valence-corrected chi connectivity index (χ2v) is 5.08. The predicted octanol–water partition coefficient (Wildman–Crippen LogP) is 2.48. The van der Waals surface area contributed by atoms with Gasteiger partial charge >= 0.3 is 5.97 Å². The number of nitrogens with zero attached hydrogens (tertiary/aromatic N) is 1. The number of carbonyl (C=O) groups excluding carboxylic acids is 1. The highest BCUT2D eigenvalue weighted by molar-refractivity contribution is 6.33. The van der Waals surface area contributed by atoms with E-state index in [-0.39, 0.29) is 28.6 Å². The maximum absolute atomic E-state index is 11.9. The molecule has 0 aliphatic rings. The third-order valence-electron chi connectivity index (χ3n) is 2.87. The van der Waals surface area contributed by atoms with Crippen LogP contribution in [0, 0.1) is 16.0 Å². The van der Waals surface area contributed by atoms with Crippen LogP contribution in [0.3, 0.4) is 0 Å². The van der Waals surface area contributed by atoms with E-state index in [1.165, 1.54) is 18.2 Å². The molecule has 1 unspecified atom stereocenters. The number of carbonyl (C=O) groups is 2. The zero-order valence-corrected chi connectivity index (χ0v) is 12.1. The van der Waals surface area contributed by atoms with Crippen LogP contribution < -0.4 is 5.32 Å². The molecule has 0 heterocycles. The Kier molecular flexibility index (Phi) is 6.10. The molecule has 0 saturated heterocycles. The molecule has 1 aromatic rings. The van der Waals surface area contributed by atoms with E-state index in [0.29, 0.717) is 13.0 Å². The topological polar surface area (TPSA) is 110 Å². The van der Waals surface area contributed by atoms with Crippen molar-refractivity contribution in [3.63, 3.8) is 0 Å². The molecule has 1 rings (SSSR count). The van der Waals surface area contributed by atoms with Crippen LogP contribution in [0.2, 0.25) is 5.02 Å². The fourth-order valence-electron chi connectivity index (χ4n) is 1.64. The largest absolute Gasteiger partial charge is 0.481 e. The molecule has 8 heteroatoms. The number of benzene rings is 1. The summed E-state index contributed by atoms with van der Waals surface area (Å²) in [5.41, 5.74) is -0.0425. The van der Waals surface area contributed by atoms with E-state index in [4.69, 9.17) is 16.7 Å². The van der Waals surface area contributed by atoms with Crippen LogP contribution in [0.1, 0.15) is 30.1 Å². The molecule has 7 nitrogen and oxygen atoms in total. The summed E-state index contributed by atoms with van der Waals surface area (Å²) < 4.78 is 0. The highest BCUT2D eigenvalue weighted by Crippen LogP contribution is 2.24. The normalized spacial score (nSPS) is 11.7. The lowest BCUT2D eigenvalue weighted by Crippen LogP contribution is -2.28. The van der Waals surface area contributed by atoms with E-state index in [2.05, 4.69) is 5.32 Å². The van der Waals surface area contributed by atoms with Crippen molar-refractivity contribution in [1.82, 2.24) is 5.32 Å². The Morgan fingerprint density at radius 3 is 2.67 bits per heavy atom. The van der Waals surface area contributed by atoms with Crippen molar-refractivity contribution in [2.45, 2.75) is 19.8 Å². The van der Waals surface area contributed by atoms with Gasteiger partial charge in [-0.05, 0) is 24.5 Å². The molecule has 114 valence electrons. The van der Waals surface area contributed by atoms with Gasteiger partial charge in [0.05, 0.1) is 4.92 Å². The van der Waals surface area contributed by atoms with E-state index in [9.17, 15) is 19.7 Å². The van der Waals surface area contributed by atoms with Gasteiger partial charge in [-0.15, -0.1) is 0 Å². The summed E-state index contributed by atoms with van der Waals surface area (Å²) in [4.78, 5) is 32.3.